The Morgan fingerprint density at radius 3 is 2.65 bits per heavy atom. The Morgan fingerprint density at radius 2 is 2.00 bits per heavy atom. The summed E-state index contributed by atoms with van der Waals surface area (Å²) >= 11 is 0. The average molecular weight is 231 g/mol. The molecule has 0 saturated carbocycles. The molecule has 0 unspecified atom stereocenters. The second-order valence-electron chi connectivity index (χ2n) is 3.24. The summed E-state index contributed by atoms with van der Waals surface area (Å²) in [6.07, 6.45) is 1.01. The van der Waals surface area contributed by atoms with Gasteiger partial charge in [-0.15, -0.1) is 0 Å². The zero-order valence-corrected chi connectivity index (χ0v) is 8.48. The predicted octanol–water partition coefficient (Wildman–Crippen LogP) is 0.537. The third kappa shape index (κ3) is 1.86. The van der Waals surface area contributed by atoms with Crippen molar-refractivity contribution in [3.05, 3.63) is 62.7 Å². The van der Waals surface area contributed by atoms with Gasteiger partial charge in [-0.2, -0.15) is 5.26 Å². The molecule has 0 aliphatic carbocycles. The molecule has 84 valence electrons. The molecule has 0 aliphatic heterocycles. The largest absolute Gasteiger partial charge is 0.333 e. The molecular formula is C11H6FN3O2. The van der Waals surface area contributed by atoms with Crippen molar-refractivity contribution in [2.24, 2.45) is 0 Å². The van der Waals surface area contributed by atoms with Crippen molar-refractivity contribution in [2.75, 3.05) is 0 Å². The highest BCUT2D eigenvalue weighted by Crippen LogP contribution is 2.09. The molecule has 6 heteroatoms. The molecule has 0 atom stereocenters. The van der Waals surface area contributed by atoms with Crippen LogP contribution in [0.25, 0.3) is 5.69 Å². The fourth-order valence-corrected chi connectivity index (χ4v) is 1.38. The summed E-state index contributed by atoms with van der Waals surface area (Å²) in [5.74, 6) is -0.620. The van der Waals surface area contributed by atoms with Gasteiger partial charge >= 0.3 is 5.69 Å². The van der Waals surface area contributed by atoms with Crippen molar-refractivity contribution in [3.8, 4) is 11.8 Å². The molecule has 0 amide bonds. The highest BCUT2D eigenvalue weighted by atomic mass is 19.1. The summed E-state index contributed by atoms with van der Waals surface area (Å²) in [6, 6.07) is 7.19. The van der Waals surface area contributed by atoms with Crippen LogP contribution in [0.3, 0.4) is 0 Å². The highest BCUT2D eigenvalue weighted by molar-refractivity contribution is 5.35. The van der Waals surface area contributed by atoms with Crippen molar-refractivity contribution in [1.82, 2.24) is 9.55 Å². The van der Waals surface area contributed by atoms with Gasteiger partial charge in [0.25, 0.3) is 5.56 Å². The van der Waals surface area contributed by atoms with E-state index >= 15 is 0 Å². The minimum absolute atomic E-state index is 0.0229. The normalized spacial score (nSPS) is 9.88. The Labute approximate surface area is 94.4 Å². The number of nitriles is 1. The van der Waals surface area contributed by atoms with Gasteiger partial charge in [-0.25, -0.2) is 9.18 Å². The lowest BCUT2D eigenvalue weighted by Crippen LogP contribution is -2.30. The lowest BCUT2D eigenvalue weighted by atomic mass is 10.3. The molecule has 1 N–H and O–H groups in total. The van der Waals surface area contributed by atoms with E-state index in [0.717, 1.165) is 10.8 Å². The van der Waals surface area contributed by atoms with E-state index in [1.54, 1.807) is 12.1 Å². The van der Waals surface area contributed by atoms with Gasteiger partial charge in [0.15, 0.2) is 0 Å². The Bertz CT molecular complexity index is 724. The van der Waals surface area contributed by atoms with E-state index in [0.29, 0.717) is 0 Å². The first kappa shape index (κ1) is 10.8. The molecule has 1 aromatic carbocycles. The summed E-state index contributed by atoms with van der Waals surface area (Å²) in [4.78, 5) is 24.6. The number of nitrogens with one attached hydrogen (secondary N) is 1. The number of aromatic amines is 1. The van der Waals surface area contributed by atoms with Gasteiger partial charge in [-0.1, -0.05) is 12.1 Å². The standard InChI is InChI=1S/C11H6FN3O2/c12-8-3-1-2-4-9(8)15-6-7(5-13)10(16)14-11(15)17/h1-4,6H,(H,14,16,17). The highest BCUT2D eigenvalue weighted by Gasteiger charge is 2.08. The second-order valence-corrected chi connectivity index (χ2v) is 3.24. The number of aromatic nitrogens is 2. The minimum atomic E-state index is -0.792. The predicted molar refractivity (Wildman–Crippen MR) is 57.3 cm³/mol. The summed E-state index contributed by atoms with van der Waals surface area (Å²) in [6.45, 7) is 0. The van der Waals surface area contributed by atoms with E-state index in [9.17, 15) is 14.0 Å². The van der Waals surface area contributed by atoms with Crippen LogP contribution >= 0.6 is 0 Å². The Morgan fingerprint density at radius 1 is 1.29 bits per heavy atom. The van der Waals surface area contributed by atoms with Crippen LogP contribution in [0.2, 0.25) is 0 Å². The van der Waals surface area contributed by atoms with Gasteiger partial charge in [0.1, 0.15) is 17.4 Å². The fraction of sp³-hybridized carbons (Fsp3) is 0. The Balaban J connectivity index is 2.78. The second kappa shape index (κ2) is 4.06. The van der Waals surface area contributed by atoms with Crippen LogP contribution in [-0.2, 0) is 0 Å². The molecule has 0 bridgehead atoms. The Hall–Kier alpha value is -2.68. The molecule has 17 heavy (non-hydrogen) atoms. The summed E-state index contributed by atoms with van der Waals surface area (Å²) in [5, 5.41) is 8.67. The molecule has 1 heterocycles. The van der Waals surface area contributed by atoms with E-state index in [1.807, 2.05) is 4.98 Å². The zero-order chi connectivity index (χ0) is 12.4. The maximum absolute atomic E-state index is 13.5. The summed E-state index contributed by atoms with van der Waals surface area (Å²) in [7, 11) is 0. The topological polar surface area (TPSA) is 78.7 Å². The average Bonchev–Trinajstić information content (AvgIpc) is 2.31. The molecule has 0 fully saturated rings. The van der Waals surface area contributed by atoms with Gasteiger partial charge in [0, 0.05) is 6.20 Å². The lowest BCUT2D eigenvalue weighted by molar-refractivity contribution is 0.614. The molecule has 0 radical (unpaired) electrons. The molecule has 1 aromatic heterocycles. The van der Waals surface area contributed by atoms with Crippen LogP contribution in [0.1, 0.15) is 5.56 Å². The quantitative estimate of drug-likeness (QED) is 0.777. The molecule has 2 aromatic rings. The number of nitrogens with zero attached hydrogens (tertiary/aromatic N) is 2. The molecule has 2 rings (SSSR count). The van der Waals surface area contributed by atoms with Crippen LogP contribution in [0.5, 0.6) is 0 Å². The SMILES string of the molecule is N#Cc1cn(-c2ccccc2F)c(=O)[nH]c1=O. The first-order valence-electron chi connectivity index (χ1n) is 4.64. The zero-order valence-electron chi connectivity index (χ0n) is 8.48. The minimum Gasteiger partial charge on any atom is -0.273 e. The van der Waals surface area contributed by atoms with E-state index in [4.69, 9.17) is 5.26 Å². The van der Waals surface area contributed by atoms with Gasteiger partial charge in [0.05, 0.1) is 5.69 Å². The van der Waals surface area contributed by atoms with Gasteiger partial charge in [-0.3, -0.25) is 14.3 Å². The molecule has 0 saturated heterocycles. The van der Waals surface area contributed by atoms with Gasteiger partial charge in [-0.05, 0) is 12.1 Å². The third-order valence-corrected chi connectivity index (χ3v) is 2.17. The first-order valence-corrected chi connectivity index (χ1v) is 4.64. The van der Waals surface area contributed by atoms with Crippen LogP contribution in [0, 0.1) is 17.1 Å². The maximum atomic E-state index is 13.5. The van der Waals surface area contributed by atoms with Crippen molar-refractivity contribution in [3.63, 3.8) is 0 Å². The monoisotopic (exact) mass is 231 g/mol. The van der Waals surface area contributed by atoms with E-state index in [1.165, 1.54) is 18.2 Å². The number of H-pyrrole nitrogens is 1. The van der Waals surface area contributed by atoms with Gasteiger partial charge in [0.2, 0.25) is 0 Å². The van der Waals surface area contributed by atoms with E-state index in [2.05, 4.69) is 0 Å². The number of rotatable bonds is 1. The van der Waals surface area contributed by atoms with Crippen molar-refractivity contribution in [1.29, 1.82) is 5.26 Å². The van der Waals surface area contributed by atoms with Crippen LogP contribution < -0.4 is 11.2 Å². The summed E-state index contributed by atoms with van der Waals surface area (Å²) in [5.41, 5.74) is -1.86. The van der Waals surface area contributed by atoms with Crippen LogP contribution in [0.4, 0.5) is 4.39 Å². The molecule has 5 nitrogen and oxygen atoms in total. The molecular weight excluding hydrogens is 225 g/mol. The van der Waals surface area contributed by atoms with Gasteiger partial charge < -0.3 is 0 Å². The maximum Gasteiger partial charge on any atom is 0.333 e. The first-order chi connectivity index (χ1) is 8.13. The smallest absolute Gasteiger partial charge is 0.273 e. The fourth-order valence-electron chi connectivity index (χ4n) is 1.38. The lowest BCUT2D eigenvalue weighted by Gasteiger charge is -2.05. The van der Waals surface area contributed by atoms with Crippen LogP contribution in [-0.4, -0.2) is 9.55 Å². The van der Waals surface area contributed by atoms with Crippen molar-refractivity contribution >= 4 is 0 Å². The van der Waals surface area contributed by atoms with Crippen molar-refractivity contribution in [2.45, 2.75) is 0 Å². The van der Waals surface area contributed by atoms with Crippen molar-refractivity contribution < 1.29 is 4.39 Å². The number of hydrogen-bond acceptors (Lipinski definition) is 3. The third-order valence-electron chi connectivity index (χ3n) is 2.17. The van der Waals surface area contributed by atoms with Crippen LogP contribution in [0.15, 0.2) is 40.1 Å². The molecule has 0 aliphatic rings. The number of para-hydroxylation sites is 1. The summed E-state index contributed by atoms with van der Waals surface area (Å²) < 4.78 is 14.3. The number of benzene rings is 1. The molecule has 0 spiro atoms. The number of halogens is 1. The van der Waals surface area contributed by atoms with E-state index < -0.39 is 17.1 Å². The van der Waals surface area contributed by atoms with E-state index in [-0.39, 0.29) is 11.3 Å². The Kier molecular flexibility index (Phi) is 2.58. The number of hydrogen-bond donors (Lipinski definition) is 1.